The molecule has 0 amide bonds. The Morgan fingerprint density at radius 2 is 2.13 bits per heavy atom. The molecule has 1 fully saturated rings. The fourth-order valence-corrected chi connectivity index (χ4v) is 1.96. The standard InChI is InChI=1S/C13H23NO/c1-5-7-12(6-2)10-14-8-9-15-13(3,4)11-14/h5-7H,8-11H2,1-4H3. The van der Waals surface area contributed by atoms with E-state index < -0.39 is 0 Å². The Labute approximate surface area is 93.6 Å². The molecule has 86 valence electrons. The predicted molar refractivity (Wildman–Crippen MR) is 65.0 cm³/mol. The number of morpholine rings is 1. The van der Waals surface area contributed by atoms with Gasteiger partial charge < -0.3 is 4.74 Å². The SMILES string of the molecule is CC=CC(=CC)CN1CCOC(C)(C)C1. The van der Waals surface area contributed by atoms with Crippen LogP contribution in [-0.4, -0.2) is 36.7 Å². The average molecular weight is 209 g/mol. The molecule has 1 heterocycles. The number of allylic oxidation sites excluding steroid dienone is 2. The van der Waals surface area contributed by atoms with Crippen LogP contribution in [0, 0.1) is 0 Å². The van der Waals surface area contributed by atoms with Crippen molar-refractivity contribution in [3.05, 3.63) is 23.8 Å². The lowest BCUT2D eigenvalue weighted by Gasteiger charge is -2.38. The number of rotatable bonds is 3. The van der Waals surface area contributed by atoms with Crippen LogP contribution >= 0.6 is 0 Å². The van der Waals surface area contributed by atoms with Gasteiger partial charge in [0.2, 0.25) is 0 Å². The van der Waals surface area contributed by atoms with Gasteiger partial charge in [-0.15, -0.1) is 0 Å². The molecule has 0 N–H and O–H groups in total. The highest BCUT2D eigenvalue weighted by Crippen LogP contribution is 2.17. The van der Waals surface area contributed by atoms with Crippen molar-refractivity contribution in [1.29, 1.82) is 0 Å². The third-order valence-corrected chi connectivity index (χ3v) is 2.66. The lowest BCUT2D eigenvalue weighted by atomic mass is 10.1. The normalized spacial score (nSPS) is 23.6. The van der Waals surface area contributed by atoms with Crippen molar-refractivity contribution in [2.45, 2.75) is 33.3 Å². The van der Waals surface area contributed by atoms with Crippen molar-refractivity contribution in [1.82, 2.24) is 4.90 Å². The highest BCUT2D eigenvalue weighted by molar-refractivity contribution is 5.19. The van der Waals surface area contributed by atoms with Gasteiger partial charge in [0.1, 0.15) is 0 Å². The maximum atomic E-state index is 5.69. The third-order valence-electron chi connectivity index (χ3n) is 2.66. The van der Waals surface area contributed by atoms with E-state index in [9.17, 15) is 0 Å². The maximum Gasteiger partial charge on any atom is 0.0753 e. The Hall–Kier alpha value is -0.600. The van der Waals surface area contributed by atoms with E-state index in [1.54, 1.807) is 0 Å². The largest absolute Gasteiger partial charge is 0.373 e. The quantitative estimate of drug-likeness (QED) is 0.662. The zero-order chi connectivity index (χ0) is 11.3. The van der Waals surface area contributed by atoms with Gasteiger partial charge in [-0.2, -0.15) is 0 Å². The summed E-state index contributed by atoms with van der Waals surface area (Å²) in [5, 5.41) is 0. The molecule has 0 saturated carbocycles. The second-order valence-corrected chi connectivity index (χ2v) is 4.68. The third kappa shape index (κ3) is 4.18. The van der Waals surface area contributed by atoms with Crippen LogP contribution < -0.4 is 0 Å². The minimum absolute atomic E-state index is 0.00697. The topological polar surface area (TPSA) is 12.5 Å². The first-order valence-electron chi connectivity index (χ1n) is 5.71. The molecule has 2 nitrogen and oxygen atoms in total. The molecule has 0 radical (unpaired) electrons. The summed E-state index contributed by atoms with van der Waals surface area (Å²) in [5.41, 5.74) is 1.39. The molecule has 1 aliphatic rings. The summed E-state index contributed by atoms with van der Waals surface area (Å²) in [6.07, 6.45) is 6.46. The summed E-state index contributed by atoms with van der Waals surface area (Å²) in [4.78, 5) is 2.46. The molecule has 2 heteroatoms. The van der Waals surface area contributed by atoms with E-state index in [0.717, 1.165) is 26.2 Å². The second-order valence-electron chi connectivity index (χ2n) is 4.68. The Bertz CT molecular complexity index is 253. The van der Waals surface area contributed by atoms with Gasteiger partial charge in [0.25, 0.3) is 0 Å². The summed E-state index contributed by atoms with van der Waals surface area (Å²) in [7, 11) is 0. The molecule has 1 aliphatic heterocycles. The molecule has 0 aromatic rings. The van der Waals surface area contributed by atoms with Crippen LogP contribution in [0.5, 0.6) is 0 Å². The summed E-state index contributed by atoms with van der Waals surface area (Å²) < 4.78 is 5.69. The van der Waals surface area contributed by atoms with E-state index >= 15 is 0 Å². The minimum atomic E-state index is 0.00697. The number of hydrogen-bond donors (Lipinski definition) is 0. The summed E-state index contributed by atoms with van der Waals surface area (Å²) >= 11 is 0. The van der Waals surface area contributed by atoms with Crippen LogP contribution in [0.15, 0.2) is 23.8 Å². The number of ether oxygens (including phenoxy) is 1. The monoisotopic (exact) mass is 209 g/mol. The highest BCUT2D eigenvalue weighted by atomic mass is 16.5. The molecule has 0 aromatic heterocycles. The van der Waals surface area contributed by atoms with E-state index in [-0.39, 0.29) is 5.60 Å². The van der Waals surface area contributed by atoms with E-state index in [0.29, 0.717) is 0 Å². The molecular formula is C13H23NO. The minimum Gasteiger partial charge on any atom is -0.373 e. The second kappa shape index (κ2) is 5.47. The van der Waals surface area contributed by atoms with Crippen LogP contribution in [0.4, 0.5) is 0 Å². The maximum absolute atomic E-state index is 5.69. The van der Waals surface area contributed by atoms with Crippen molar-refractivity contribution in [2.75, 3.05) is 26.2 Å². The average Bonchev–Trinajstić information content (AvgIpc) is 2.15. The van der Waals surface area contributed by atoms with Crippen LogP contribution in [-0.2, 0) is 4.74 Å². The van der Waals surface area contributed by atoms with Gasteiger partial charge in [-0.25, -0.2) is 0 Å². The predicted octanol–water partition coefficient (Wildman–Crippen LogP) is 2.62. The van der Waals surface area contributed by atoms with Crippen molar-refractivity contribution < 1.29 is 4.74 Å². The number of hydrogen-bond acceptors (Lipinski definition) is 2. The molecule has 0 unspecified atom stereocenters. The molecule has 0 aromatic carbocycles. The first kappa shape index (κ1) is 12.5. The zero-order valence-electron chi connectivity index (χ0n) is 10.4. The van der Waals surface area contributed by atoms with Crippen molar-refractivity contribution >= 4 is 0 Å². The Morgan fingerprint density at radius 3 is 2.67 bits per heavy atom. The van der Waals surface area contributed by atoms with Gasteiger partial charge in [0.15, 0.2) is 0 Å². The van der Waals surface area contributed by atoms with Gasteiger partial charge in [-0.3, -0.25) is 4.90 Å². The summed E-state index contributed by atoms with van der Waals surface area (Å²) in [5.74, 6) is 0. The zero-order valence-corrected chi connectivity index (χ0v) is 10.4. The van der Waals surface area contributed by atoms with E-state index in [4.69, 9.17) is 4.74 Å². The Morgan fingerprint density at radius 1 is 1.40 bits per heavy atom. The van der Waals surface area contributed by atoms with Crippen LogP contribution in [0.1, 0.15) is 27.7 Å². The van der Waals surface area contributed by atoms with Gasteiger partial charge in [-0.05, 0) is 33.3 Å². The van der Waals surface area contributed by atoms with E-state index in [1.807, 2.05) is 0 Å². The Balaban J connectivity index is 2.51. The first-order valence-corrected chi connectivity index (χ1v) is 5.71. The van der Waals surface area contributed by atoms with Gasteiger partial charge in [0.05, 0.1) is 12.2 Å². The smallest absolute Gasteiger partial charge is 0.0753 e. The molecular weight excluding hydrogens is 186 g/mol. The fourth-order valence-electron chi connectivity index (χ4n) is 1.96. The molecule has 0 spiro atoms. The molecule has 15 heavy (non-hydrogen) atoms. The van der Waals surface area contributed by atoms with Crippen molar-refractivity contribution in [3.8, 4) is 0 Å². The van der Waals surface area contributed by atoms with Crippen LogP contribution in [0.25, 0.3) is 0 Å². The Kier molecular flexibility index (Phi) is 4.55. The van der Waals surface area contributed by atoms with Gasteiger partial charge in [-0.1, -0.05) is 18.2 Å². The van der Waals surface area contributed by atoms with E-state index in [2.05, 4.69) is 50.8 Å². The molecule has 0 bridgehead atoms. The van der Waals surface area contributed by atoms with Crippen LogP contribution in [0.2, 0.25) is 0 Å². The van der Waals surface area contributed by atoms with Gasteiger partial charge in [0, 0.05) is 19.6 Å². The van der Waals surface area contributed by atoms with Gasteiger partial charge >= 0.3 is 0 Å². The lowest BCUT2D eigenvalue weighted by molar-refractivity contribution is -0.0833. The van der Waals surface area contributed by atoms with Crippen LogP contribution in [0.3, 0.4) is 0 Å². The molecule has 1 saturated heterocycles. The summed E-state index contributed by atoms with van der Waals surface area (Å²) in [6, 6.07) is 0. The fraction of sp³-hybridized carbons (Fsp3) is 0.692. The molecule has 0 atom stereocenters. The highest BCUT2D eigenvalue weighted by Gasteiger charge is 2.26. The van der Waals surface area contributed by atoms with E-state index in [1.165, 1.54) is 5.57 Å². The molecule has 1 rings (SSSR count). The molecule has 0 aliphatic carbocycles. The van der Waals surface area contributed by atoms with Crippen molar-refractivity contribution in [3.63, 3.8) is 0 Å². The first-order chi connectivity index (χ1) is 7.07. The summed E-state index contributed by atoms with van der Waals surface area (Å²) in [6.45, 7) is 12.4. The van der Waals surface area contributed by atoms with Crippen molar-refractivity contribution in [2.24, 2.45) is 0 Å². The lowest BCUT2D eigenvalue weighted by Crippen LogP contribution is -2.48. The number of nitrogens with zero attached hydrogens (tertiary/aromatic N) is 1.